The van der Waals surface area contributed by atoms with E-state index in [0.29, 0.717) is 22.1 Å². The minimum absolute atomic E-state index is 0.515. The summed E-state index contributed by atoms with van der Waals surface area (Å²) in [5, 5.41) is 1.30. The molecule has 4 rings (SSSR count). The van der Waals surface area contributed by atoms with Gasteiger partial charge in [0.15, 0.2) is 0 Å². The minimum atomic E-state index is 0.515. The molecule has 0 bridgehead atoms. The largest absolute Gasteiger partial charge is 0.351 e. The number of rotatable bonds is 2. The Morgan fingerprint density at radius 2 is 1.72 bits per heavy atom. The fourth-order valence-corrected chi connectivity index (χ4v) is 4.61. The third kappa shape index (κ3) is 2.85. The Balaban J connectivity index is 1.81. The Kier molecular flexibility index (Phi) is 4.28. The van der Waals surface area contributed by atoms with Gasteiger partial charge in [-0.15, -0.1) is 0 Å². The highest BCUT2D eigenvalue weighted by atomic mass is 35.5. The van der Waals surface area contributed by atoms with Crippen molar-refractivity contribution >= 4 is 40.5 Å². The summed E-state index contributed by atoms with van der Waals surface area (Å²) in [6.07, 6.45) is 3.36. The van der Waals surface area contributed by atoms with Gasteiger partial charge in [-0.1, -0.05) is 23.2 Å². The molecule has 25 heavy (non-hydrogen) atoms. The topological polar surface area (TPSA) is 32.3 Å². The summed E-state index contributed by atoms with van der Waals surface area (Å²) in [4.78, 5) is 14.2. The van der Waals surface area contributed by atoms with Crippen LogP contribution in [0.15, 0.2) is 18.2 Å². The Labute approximate surface area is 158 Å². The van der Waals surface area contributed by atoms with Crippen LogP contribution in [-0.4, -0.2) is 28.6 Å². The van der Waals surface area contributed by atoms with Crippen molar-refractivity contribution in [2.24, 2.45) is 0 Å². The van der Waals surface area contributed by atoms with Crippen molar-refractivity contribution in [1.82, 2.24) is 9.97 Å². The van der Waals surface area contributed by atoms with E-state index in [1.807, 2.05) is 19.1 Å². The number of hydrogen-bond donors (Lipinski definition) is 0. The molecule has 0 N–H and O–H groups in total. The van der Waals surface area contributed by atoms with Crippen molar-refractivity contribution < 1.29 is 0 Å². The van der Waals surface area contributed by atoms with Crippen molar-refractivity contribution in [2.75, 3.05) is 16.3 Å². The average molecular weight is 377 g/mol. The normalized spacial score (nSPS) is 22.6. The molecule has 2 aliphatic heterocycles. The van der Waals surface area contributed by atoms with Crippen LogP contribution in [0.4, 0.5) is 17.3 Å². The lowest BCUT2D eigenvalue weighted by molar-refractivity contribution is 0.676. The molecule has 2 aliphatic rings. The Morgan fingerprint density at radius 3 is 2.40 bits per heavy atom. The zero-order chi connectivity index (χ0) is 17.7. The molecule has 1 aromatic heterocycles. The minimum Gasteiger partial charge on any atom is -0.351 e. The number of aryl methyl sites for hydroxylation is 1. The van der Waals surface area contributed by atoms with Gasteiger partial charge in [0.2, 0.25) is 0 Å². The zero-order valence-corrected chi connectivity index (χ0v) is 16.3. The van der Waals surface area contributed by atoms with Gasteiger partial charge >= 0.3 is 0 Å². The van der Waals surface area contributed by atoms with Crippen LogP contribution in [0, 0.1) is 6.92 Å². The van der Waals surface area contributed by atoms with Crippen molar-refractivity contribution in [2.45, 2.75) is 52.1 Å². The van der Waals surface area contributed by atoms with Crippen molar-refractivity contribution in [3.8, 4) is 0 Å². The van der Waals surface area contributed by atoms with E-state index in [1.54, 1.807) is 6.07 Å². The highest BCUT2D eigenvalue weighted by Crippen LogP contribution is 2.42. The summed E-state index contributed by atoms with van der Waals surface area (Å²) >= 11 is 12.5. The first-order valence-corrected chi connectivity index (χ1v) is 9.59. The van der Waals surface area contributed by atoms with Crippen LogP contribution in [0.1, 0.15) is 38.1 Å². The third-order valence-corrected chi connectivity index (χ3v) is 5.85. The third-order valence-electron chi connectivity index (χ3n) is 5.31. The molecule has 0 spiro atoms. The van der Waals surface area contributed by atoms with Crippen LogP contribution in [-0.2, 0) is 6.42 Å². The smallest absolute Gasteiger partial charge is 0.142 e. The average Bonchev–Trinajstić information content (AvgIpc) is 3.10. The summed E-state index contributed by atoms with van der Waals surface area (Å²) in [5.41, 5.74) is 2.19. The summed E-state index contributed by atoms with van der Waals surface area (Å²) in [6.45, 7) is 7.40. The zero-order valence-electron chi connectivity index (χ0n) is 14.8. The second kappa shape index (κ2) is 6.33. The molecule has 4 nitrogen and oxygen atoms in total. The Bertz CT molecular complexity index is 813. The van der Waals surface area contributed by atoms with Crippen molar-refractivity contribution in [3.05, 3.63) is 39.6 Å². The molecule has 6 heteroatoms. The predicted octanol–water partition coefficient (Wildman–Crippen LogP) is 5.16. The van der Waals surface area contributed by atoms with E-state index in [4.69, 9.17) is 33.2 Å². The lowest BCUT2D eigenvalue weighted by atomic mass is 10.2. The molecule has 0 aliphatic carbocycles. The fourth-order valence-electron chi connectivity index (χ4n) is 4.10. The maximum Gasteiger partial charge on any atom is 0.142 e. The molecule has 2 atom stereocenters. The molecule has 0 amide bonds. The predicted molar refractivity (Wildman–Crippen MR) is 105 cm³/mol. The van der Waals surface area contributed by atoms with Crippen molar-refractivity contribution in [3.63, 3.8) is 0 Å². The lowest BCUT2D eigenvalue weighted by Gasteiger charge is -2.29. The van der Waals surface area contributed by atoms with Crippen LogP contribution in [0.25, 0.3) is 0 Å². The fraction of sp³-hybridized carbons (Fsp3) is 0.474. The van der Waals surface area contributed by atoms with Gasteiger partial charge in [-0.2, -0.15) is 0 Å². The van der Waals surface area contributed by atoms with Gasteiger partial charge in [0.1, 0.15) is 17.5 Å². The molecule has 132 valence electrons. The highest BCUT2D eigenvalue weighted by Gasteiger charge is 2.35. The second-order valence-corrected chi connectivity index (χ2v) is 7.92. The van der Waals surface area contributed by atoms with E-state index in [1.165, 1.54) is 18.4 Å². The van der Waals surface area contributed by atoms with E-state index < -0.39 is 0 Å². The second-order valence-electron chi connectivity index (χ2n) is 7.08. The molecule has 3 heterocycles. The van der Waals surface area contributed by atoms with Crippen LogP contribution in [0.5, 0.6) is 0 Å². The number of fused-ring (bicyclic) bond motifs is 1. The van der Waals surface area contributed by atoms with E-state index in [-0.39, 0.29) is 0 Å². The first kappa shape index (κ1) is 16.9. The maximum atomic E-state index is 6.45. The van der Waals surface area contributed by atoms with E-state index in [9.17, 15) is 0 Å². The molecule has 1 fully saturated rings. The molecule has 0 unspecified atom stereocenters. The molecule has 0 saturated carbocycles. The van der Waals surface area contributed by atoms with Gasteiger partial charge in [0.25, 0.3) is 0 Å². The highest BCUT2D eigenvalue weighted by molar-refractivity contribution is 6.36. The molecular weight excluding hydrogens is 355 g/mol. The van der Waals surface area contributed by atoms with Crippen molar-refractivity contribution in [1.29, 1.82) is 0 Å². The van der Waals surface area contributed by atoms with Gasteiger partial charge in [-0.05, 0) is 58.2 Å². The van der Waals surface area contributed by atoms with E-state index >= 15 is 0 Å². The molecule has 0 radical (unpaired) electrons. The van der Waals surface area contributed by atoms with Gasteiger partial charge in [0, 0.05) is 29.2 Å². The van der Waals surface area contributed by atoms with Crippen LogP contribution < -0.4 is 9.80 Å². The molecular formula is C19H22Cl2N4. The van der Waals surface area contributed by atoms with Gasteiger partial charge in [-0.25, -0.2) is 9.97 Å². The summed E-state index contributed by atoms with van der Waals surface area (Å²) in [6, 6.07) is 6.66. The molecule has 2 aromatic rings. The number of aromatic nitrogens is 2. The Hall–Kier alpha value is -1.52. The monoisotopic (exact) mass is 376 g/mol. The maximum absolute atomic E-state index is 6.45. The lowest BCUT2D eigenvalue weighted by Crippen LogP contribution is -2.34. The number of hydrogen-bond acceptors (Lipinski definition) is 4. The van der Waals surface area contributed by atoms with Crippen LogP contribution >= 0.6 is 23.2 Å². The Morgan fingerprint density at radius 1 is 1.04 bits per heavy atom. The van der Waals surface area contributed by atoms with Gasteiger partial charge in [0.05, 0.1) is 10.7 Å². The first-order chi connectivity index (χ1) is 12.0. The number of nitrogens with zero attached hydrogens (tertiary/aromatic N) is 4. The summed E-state index contributed by atoms with van der Waals surface area (Å²) in [7, 11) is 0. The molecule has 1 aromatic carbocycles. The number of anilines is 3. The summed E-state index contributed by atoms with van der Waals surface area (Å²) in [5.74, 6) is 2.89. The van der Waals surface area contributed by atoms with E-state index in [0.717, 1.165) is 36.1 Å². The molecule has 1 saturated heterocycles. The number of benzene rings is 1. The van der Waals surface area contributed by atoms with Gasteiger partial charge in [-0.3, -0.25) is 0 Å². The quantitative estimate of drug-likeness (QED) is 0.723. The number of halogens is 2. The van der Waals surface area contributed by atoms with Crippen LogP contribution in [0.2, 0.25) is 10.0 Å². The van der Waals surface area contributed by atoms with Crippen LogP contribution in [0.3, 0.4) is 0 Å². The van der Waals surface area contributed by atoms with E-state index in [2.05, 4.69) is 23.6 Å². The SMILES string of the molecule is Cc1nc2c(c(N3[C@H](C)CC[C@H]3C)n1)CCN2c1ccc(Cl)cc1Cl. The first-order valence-electron chi connectivity index (χ1n) is 8.84. The van der Waals surface area contributed by atoms with Gasteiger partial charge < -0.3 is 9.80 Å². The standard InChI is InChI=1S/C19H22Cl2N4/c1-11-4-5-12(2)25(11)19-15-8-9-24(18(15)22-13(3)23-19)17-7-6-14(20)10-16(17)21/h6-7,10-12H,4-5,8-9H2,1-3H3/t11-,12-/m1/s1. The summed E-state index contributed by atoms with van der Waals surface area (Å²) < 4.78 is 0.